The number of hydrogen-bond donors (Lipinski definition) is 1. The van der Waals surface area contributed by atoms with Crippen molar-refractivity contribution in [1.29, 1.82) is 0 Å². The number of nitrogens with one attached hydrogen (secondary N) is 1. The van der Waals surface area contributed by atoms with Gasteiger partial charge in [0, 0.05) is 56.2 Å². The Morgan fingerprint density at radius 1 is 1.10 bits per heavy atom. The molecule has 1 saturated heterocycles. The highest BCUT2D eigenvalue weighted by atomic mass is 19.1. The highest BCUT2D eigenvalue weighted by Gasteiger charge is 2.22. The Labute approximate surface area is 176 Å². The van der Waals surface area contributed by atoms with Crippen molar-refractivity contribution >= 4 is 33.7 Å². The number of fused-ring (bicyclic) bond motifs is 3. The summed E-state index contributed by atoms with van der Waals surface area (Å²) in [5, 5.41) is 0.570. The van der Waals surface area contributed by atoms with Crippen LogP contribution in [0.25, 0.3) is 21.9 Å². The zero-order chi connectivity index (χ0) is 21.4. The summed E-state index contributed by atoms with van der Waals surface area (Å²) in [7, 11) is 0. The number of carbonyl (C=O) groups is 1. The number of aromatic amines is 1. The molecule has 5 rings (SSSR count). The number of piperazine rings is 1. The maximum atomic E-state index is 13.6. The molecule has 31 heavy (non-hydrogen) atoms. The number of amides is 1. The Balaban J connectivity index is 1.26. The first-order valence-electron chi connectivity index (χ1n) is 10.2. The number of benzene rings is 1. The van der Waals surface area contributed by atoms with Gasteiger partial charge in [-0.1, -0.05) is 6.07 Å². The molecule has 0 aliphatic carbocycles. The second-order valence-electron chi connectivity index (χ2n) is 7.59. The van der Waals surface area contributed by atoms with Gasteiger partial charge in [0.05, 0.1) is 6.33 Å². The zero-order valence-corrected chi connectivity index (χ0v) is 16.8. The fourth-order valence-electron chi connectivity index (χ4n) is 4.02. The van der Waals surface area contributed by atoms with Gasteiger partial charge in [-0.15, -0.1) is 0 Å². The standard InChI is InChI=1S/C22H21FN6O2/c23-15-4-5-17-16(13-15)20-21(26-17)22(31)29(14-25-20)8-6-19(30)28-11-9-27(10-12-28)18-3-1-2-7-24-18/h1-5,7,13-14,26H,6,8-12H2. The van der Waals surface area contributed by atoms with Gasteiger partial charge >= 0.3 is 0 Å². The molecule has 158 valence electrons. The SMILES string of the molecule is O=C(CCn1cnc2c([nH]c3ccc(F)cc32)c1=O)N1CCN(c2ccccn2)CC1. The molecule has 0 radical (unpaired) electrons. The van der Waals surface area contributed by atoms with E-state index in [-0.39, 0.29) is 30.2 Å². The quantitative estimate of drug-likeness (QED) is 0.547. The summed E-state index contributed by atoms with van der Waals surface area (Å²) in [5.74, 6) is 0.540. The first kappa shape index (κ1) is 19.2. The Bertz CT molecular complexity index is 1310. The number of carbonyl (C=O) groups excluding carboxylic acids is 1. The third kappa shape index (κ3) is 3.63. The van der Waals surface area contributed by atoms with Crippen LogP contribution in [0.1, 0.15) is 6.42 Å². The Kier molecular flexibility index (Phi) is 4.85. The number of nitrogens with zero attached hydrogens (tertiary/aromatic N) is 5. The fraction of sp³-hybridized carbons (Fsp3) is 0.273. The van der Waals surface area contributed by atoms with Gasteiger partial charge in [-0.05, 0) is 30.3 Å². The molecule has 3 aromatic heterocycles. The van der Waals surface area contributed by atoms with Gasteiger partial charge in [0.2, 0.25) is 5.91 Å². The van der Waals surface area contributed by atoms with E-state index in [0.717, 1.165) is 18.9 Å². The Hall–Kier alpha value is -3.75. The van der Waals surface area contributed by atoms with E-state index >= 15 is 0 Å². The largest absolute Gasteiger partial charge is 0.353 e. The molecule has 1 amide bonds. The van der Waals surface area contributed by atoms with Gasteiger partial charge in [-0.3, -0.25) is 14.2 Å². The highest BCUT2D eigenvalue weighted by Crippen LogP contribution is 2.22. The molecule has 4 aromatic rings. The monoisotopic (exact) mass is 420 g/mol. The number of anilines is 1. The van der Waals surface area contributed by atoms with Crippen molar-refractivity contribution in [2.45, 2.75) is 13.0 Å². The second-order valence-corrected chi connectivity index (χ2v) is 7.59. The predicted octanol–water partition coefficient (Wildman–Crippen LogP) is 2.15. The topological polar surface area (TPSA) is 87.1 Å². The molecule has 0 saturated carbocycles. The number of H-pyrrole nitrogens is 1. The van der Waals surface area contributed by atoms with E-state index < -0.39 is 0 Å². The molecule has 9 heteroatoms. The molecule has 0 atom stereocenters. The van der Waals surface area contributed by atoms with E-state index in [1.165, 1.54) is 23.0 Å². The van der Waals surface area contributed by atoms with E-state index in [0.29, 0.717) is 35.0 Å². The Morgan fingerprint density at radius 3 is 2.71 bits per heavy atom. The van der Waals surface area contributed by atoms with Gasteiger partial charge in [0.1, 0.15) is 22.7 Å². The van der Waals surface area contributed by atoms with Gasteiger partial charge < -0.3 is 14.8 Å². The van der Waals surface area contributed by atoms with Crippen LogP contribution < -0.4 is 10.5 Å². The van der Waals surface area contributed by atoms with Crippen molar-refractivity contribution < 1.29 is 9.18 Å². The van der Waals surface area contributed by atoms with Crippen molar-refractivity contribution in [2.24, 2.45) is 0 Å². The summed E-state index contributed by atoms with van der Waals surface area (Å²) < 4.78 is 15.0. The van der Waals surface area contributed by atoms with Crippen LogP contribution in [0, 0.1) is 5.82 Å². The second kappa shape index (κ2) is 7.82. The van der Waals surface area contributed by atoms with Crippen LogP contribution >= 0.6 is 0 Å². The molecule has 0 spiro atoms. The van der Waals surface area contributed by atoms with Gasteiger partial charge in [-0.2, -0.15) is 0 Å². The number of rotatable bonds is 4. The molecule has 0 unspecified atom stereocenters. The van der Waals surface area contributed by atoms with E-state index in [1.807, 2.05) is 23.1 Å². The Morgan fingerprint density at radius 2 is 1.94 bits per heavy atom. The first-order chi connectivity index (χ1) is 15.1. The van der Waals surface area contributed by atoms with E-state index in [4.69, 9.17) is 0 Å². The van der Waals surface area contributed by atoms with Crippen LogP contribution in [0.15, 0.2) is 53.7 Å². The number of hydrogen-bond acceptors (Lipinski definition) is 5. The third-order valence-corrected chi connectivity index (χ3v) is 5.71. The van der Waals surface area contributed by atoms with Crippen molar-refractivity contribution in [3.05, 3.63) is 65.1 Å². The predicted molar refractivity (Wildman–Crippen MR) is 115 cm³/mol. The summed E-state index contributed by atoms with van der Waals surface area (Å²) in [6.45, 7) is 2.93. The molecule has 8 nitrogen and oxygen atoms in total. The molecule has 1 aliphatic heterocycles. The number of pyridine rings is 1. The van der Waals surface area contributed by atoms with Gasteiger partial charge in [-0.25, -0.2) is 14.4 Å². The summed E-state index contributed by atoms with van der Waals surface area (Å²) in [6.07, 6.45) is 3.40. The van der Waals surface area contributed by atoms with E-state index in [2.05, 4.69) is 19.9 Å². The smallest absolute Gasteiger partial charge is 0.277 e. The molecule has 0 bridgehead atoms. The summed E-state index contributed by atoms with van der Waals surface area (Å²) in [4.78, 5) is 41.2. The summed E-state index contributed by atoms with van der Waals surface area (Å²) in [6, 6.07) is 10.1. The first-order valence-corrected chi connectivity index (χ1v) is 10.2. The lowest BCUT2D eigenvalue weighted by Crippen LogP contribution is -2.49. The molecule has 1 N–H and O–H groups in total. The fourth-order valence-corrected chi connectivity index (χ4v) is 4.02. The van der Waals surface area contributed by atoms with Crippen molar-refractivity contribution in [3.8, 4) is 0 Å². The number of halogens is 1. The van der Waals surface area contributed by atoms with Gasteiger partial charge in [0.25, 0.3) is 5.56 Å². The number of aromatic nitrogens is 4. The molecule has 1 aliphatic rings. The maximum absolute atomic E-state index is 13.6. The molecule has 1 aromatic carbocycles. The van der Waals surface area contributed by atoms with E-state index in [1.54, 1.807) is 12.3 Å². The van der Waals surface area contributed by atoms with E-state index in [9.17, 15) is 14.0 Å². The molecule has 1 fully saturated rings. The molecular weight excluding hydrogens is 399 g/mol. The van der Waals surface area contributed by atoms with Crippen LogP contribution in [0.4, 0.5) is 10.2 Å². The van der Waals surface area contributed by atoms with Crippen LogP contribution in [0.2, 0.25) is 0 Å². The third-order valence-electron chi connectivity index (χ3n) is 5.71. The molecule has 4 heterocycles. The average Bonchev–Trinajstić information content (AvgIpc) is 3.18. The van der Waals surface area contributed by atoms with Crippen LogP contribution in [0.3, 0.4) is 0 Å². The molecular formula is C22H21FN6O2. The lowest BCUT2D eigenvalue weighted by molar-refractivity contribution is -0.131. The minimum Gasteiger partial charge on any atom is -0.353 e. The average molecular weight is 420 g/mol. The summed E-state index contributed by atoms with van der Waals surface area (Å²) >= 11 is 0. The lowest BCUT2D eigenvalue weighted by atomic mass is 10.2. The van der Waals surface area contributed by atoms with Crippen molar-refractivity contribution in [2.75, 3.05) is 31.1 Å². The minimum absolute atomic E-state index is 0.00591. The van der Waals surface area contributed by atoms with Crippen LogP contribution in [-0.4, -0.2) is 56.5 Å². The lowest BCUT2D eigenvalue weighted by Gasteiger charge is -2.35. The van der Waals surface area contributed by atoms with Crippen LogP contribution in [-0.2, 0) is 11.3 Å². The highest BCUT2D eigenvalue weighted by molar-refractivity contribution is 6.04. The zero-order valence-electron chi connectivity index (χ0n) is 16.8. The van der Waals surface area contributed by atoms with Crippen LogP contribution in [0.5, 0.6) is 0 Å². The number of aryl methyl sites for hydroxylation is 1. The van der Waals surface area contributed by atoms with Crippen molar-refractivity contribution in [3.63, 3.8) is 0 Å². The van der Waals surface area contributed by atoms with Gasteiger partial charge in [0.15, 0.2) is 0 Å². The maximum Gasteiger partial charge on any atom is 0.277 e. The van der Waals surface area contributed by atoms with Crippen molar-refractivity contribution in [1.82, 2.24) is 24.4 Å². The summed E-state index contributed by atoms with van der Waals surface area (Å²) in [5.41, 5.74) is 1.14. The minimum atomic E-state index is -0.381. The normalized spacial score (nSPS) is 14.5.